The molecule has 0 saturated heterocycles. The lowest BCUT2D eigenvalue weighted by molar-refractivity contribution is 0.215. The van der Waals surface area contributed by atoms with Gasteiger partial charge < -0.3 is 4.57 Å². The lowest BCUT2D eigenvalue weighted by atomic mass is 10.0. The Bertz CT molecular complexity index is 626. The summed E-state index contributed by atoms with van der Waals surface area (Å²) in [5.41, 5.74) is 2.38. The number of rotatable bonds is 6. The number of aromatic nitrogens is 1. The fraction of sp³-hybridized carbons (Fsp3) is 0.438. The minimum atomic E-state index is -0.189. The maximum absolute atomic E-state index is 13.2. The second-order valence-corrected chi connectivity index (χ2v) is 6.55. The van der Waals surface area contributed by atoms with E-state index in [0.29, 0.717) is 0 Å². The van der Waals surface area contributed by atoms with Crippen molar-refractivity contribution >= 4 is 23.6 Å². The molecule has 0 spiro atoms. The van der Waals surface area contributed by atoms with Crippen LogP contribution in [0.5, 0.6) is 0 Å². The molecule has 21 heavy (non-hydrogen) atoms. The second kappa shape index (κ2) is 7.29. The van der Waals surface area contributed by atoms with Gasteiger partial charge in [-0.15, -0.1) is 11.3 Å². The molecule has 0 aliphatic heterocycles. The first-order chi connectivity index (χ1) is 10.1. The van der Waals surface area contributed by atoms with Gasteiger partial charge in [0, 0.05) is 30.6 Å². The Morgan fingerprint density at radius 2 is 1.86 bits per heavy atom. The highest BCUT2D eigenvalue weighted by Gasteiger charge is 2.20. The highest BCUT2D eigenvalue weighted by Crippen LogP contribution is 2.26. The fourth-order valence-electron chi connectivity index (χ4n) is 2.58. The lowest BCUT2D eigenvalue weighted by Crippen LogP contribution is -2.30. The monoisotopic (exact) mass is 324 g/mol. The molecule has 2 rings (SSSR count). The zero-order chi connectivity index (χ0) is 15.4. The number of thiazole rings is 1. The predicted octanol–water partition coefficient (Wildman–Crippen LogP) is 4.58. The van der Waals surface area contributed by atoms with Gasteiger partial charge in [0.05, 0.1) is 0 Å². The van der Waals surface area contributed by atoms with Crippen LogP contribution in [0.15, 0.2) is 29.6 Å². The standard InChI is InChI=1S/C16H21FN2S2/c1-4-19(5-2)15(12-6-8-13(17)9-7-12)10-14-11-21-16(20)18(14)3/h6-9,11,15H,4-5,10H2,1-3H3. The third kappa shape index (κ3) is 3.78. The van der Waals surface area contributed by atoms with Gasteiger partial charge in [0.15, 0.2) is 3.95 Å². The van der Waals surface area contributed by atoms with Crippen LogP contribution >= 0.6 is 23.6 Å². The quantitative estimate of drug-likeness (QED) is 0.719. The highest BCUT2D eigenvalue weighted by molar-refractivity contribution is 7.73. The SMILES string of the molecule is CCN(CC)C(Cc1csc(=S)n1C)c1ccc(F)cc1. The molecule has 0 fully saturated rings. The van der Waals surface area contributed by atoms with Crippen molar-refractivity contribution < 1.29 is 4.39 Å². The molecule has 2 nitrogen and oxygen atoms in total. The zero-order valence-electron chi connectivity index (χ0n) is 12.7. The Hall–Kier alpha value is -1.04. The van der Waals surface area contributed by atoms with Crippen molar-refractivity contribution in [3.8, 4) is 0 Å². The van der Waals surface area contributed by atoms with Gasteiger partial charge in [-0.2, -0.15) is 0 Å². The average molecular weight is 324 g/mol. The van der Waals surface area contributed by atoms with Gasteiger partial charge >= 0.3 is 0 Å². The van der Waals surface area contributed by atoms with Crippen LogP contribution in [0.4, 0.5) is 4.39 Å². The number of hydrogen-bond donors (Lipinski definition) is 0. The number of benzene rings is 1. The van der Waals surface area contributed by atoms with Crippen molar-refractivity contribution in [2.45, 2.75) is 26.3 Å². The first-order valence-electron chi connectivity index (χ1n) is 7.19. The summed E-state index contributed by atoms with van der Waals surface area (Å²) in [5, 5.41) is 2.13. The maximum Gasteiger partial charge on any atom is 0.160 e. The van der Waals surface area contributed by atoms with E-state index >= 15 is 0 Å². The predicted molar refractivity (Wildman–Crippen MR) is 89.9 cm³/mol. The third-order valence-electron chi connectivity index (χ3n) is 3.91. The Balaban J connectivity index is 2.34. The lowest BCUT2D eigenvalue weighted by Gasteiger charge is -2.30. The smallest absolute Gasteiger partial charge is 0.160 e. The minimum Gasteiger partial charge on any atom is -0.330 e. The van der Waals surface area contributed by atoms with Gasteiger partial charge in [-0.05, 0) is 43.0 Å². The van der Waals surface area contributed by atoms with Crippen molar-refractivity contribution in [1.82, 2.24) is 9.47 Å². The molecule has 0 N–H and O–H groups in total. The van der Waals surface area contributed by atoms with Crippen LogP contribution in [-0.4, -0.2) is 22.6 Å². The topological polar surface area (TPSA) is 8.17 Å². The summed E-state index contributed by atoms with van der Waals surface area (Å²) in [6.07, 6.45) is 0.886. The van der Waals surface area contributed by atoms with Gasteiger partial charge in [-0.25, -0.2) is 4.39 Å². The Morgan fingerprint density at radius 3 is 2.33 bits per heavy atom. The third-order valence-corrected chi connectivity index (χ3v) is 5.34. The van der Waals surface area contributed by atoms with E-state index in [9.17, 15) is 4.39 Å². The summed E-state index contributed by atoms with van der Waals surface area (Å²) >= 11 is 6.90. The highest BCUT2D eigenvalue weighted by atomic mass is 32.1. The van der Waals surface area contributed by atoms with E-state index in [1.807, 2.05) is 19.2 Å². The van der Waals surface area contributed by atoms with Crippen LogP contribution in [0.1, 0.15) is 31.1 Å². The summed E-state index contributed by atoms with van der Waals surface area (Å²) in [6, 6.07) is 7.10. The molecule has 0 bridgehead atoms. The van der Waals surface area contributed by atoms with E-state index in [1.54, 1.807) is 11.3 Å². The number of hydrogen-bond acceptors (Lipinski definition) is 3. The molecular weight excluding hydrogens is 303 g/mol. The summed E-state index contributed by atoms with van der Waals surface area (Å²) < 4.78 is 16.1. The second-order valence-electron chi connectivity index (χ2n) is 5.04. The summed E-state index contributed by atoms with van der Waals surface area (Å²) in [6.45, 7) is 6.25. The number of nitrogens with zero attached hydrogens (tertiary/aromatic N) is 2. The van der Waals surface area contributed by atoms with Crippen LogP contribution in [0.25, 0.3) is 0 Å². The van der Waals surface area contributed by atoms with E-state index in [1.165, 1.54) is 17.8 Å². The molecule has 1 heterocycles. The van der Waals surface area contributed by atoms with Gasteiger partial charge in [-0.1, -0.05) is 26.0 Å². The average Bonchev–Trinajstić information content (AvgIpc) is 2.80. The Labute approximate surface area is 134 Å². The molecule has 0 saturated carbocycles. The van der Waals surface area contributed by atoms with E-state index in [-0.39, 0.29) is 11.9 Å². The van der Waals surface area contributed by atoms with Crippen molar-refractivity contribution in [3.63, 3.8) is 0 Å². The first-order valence-corrected chi connectivity index (χ1v) is 8.48. The minimum absolute atomic E-state index is 0.189. The van der Waals surface area contributed by atoms with E-state index in [0.717, 1.165) is 29.0 Å². The van der Waals surface area contributed by atoms with Crippen LogP contribution in [0.2, 0.25) is 0 Å². The van der Waals surface area contributed by atoms with Gasteiger partial charge in [0.1, 0.15) is 5.82 Å². The molecular formula is C16H21FN2S2. The number of likely N-dealkylation sites (N-methyl/N-ethyl adjacent to an activating group) is 1. The van der Waals surface area contributed by atoms with E-state index in [4.69, 9.17) is 12.2 Å². The molecule has 0 aliphatic rings. The van der Waals surface area contributed by atoms with Crippen LogP contribution in [-0.2, 0) is 13.5 Å². The van der Waals surface area contributed by atoms with Crippen molar-refractivity contribution in [3.05, 3.63) is 50.7 Å². The van der Waals surface area contributed by atoms with Crippen LogP contribution in [0.3, 0.4) is 0 Å². The molecule has 1 unspecified atom stereocenters. The molecule has 114 valence electrons. The van der Waals surface area contributed by atoms with Crippen molar-refractivity contribution in [1.29, 1.82) is 0 Å². The van der Waals surface area contributed by atoms with Crippen LogP contribution in [0, 0.1) is 9.77 Å². The number of halogens is 1. The molecule has 0 radical (unpaired) electrons. The Kier molecular flexibility index (Phi) is 5.67. The van der Waals surface area contributed by atoms with Crippen molar-refractivity contribution in [2.75, 3.05) is 13.1 Å². The van der Waals surface area contributed by atoms with Gasteiger partial charge in [-0.3, -0.25) is 4.90 Å². The molecule has 0 amide bonds. The van der Waals surface area contributed by atoms with E-state index in [2.05, 4.69) is 28.7 Å². The summed E-state index contributed by atoms with van der Waals surface area (Å²) in [7, 11) is 2.01. The molecule has 5 heteroatoms. The molecule has 1 atom stereocenters. The van der Waals surface area contributed by atoms with Crippen molar-refractivity contribution in [2.24, 2.45) is 7.05 Å². The zero-order valence-corrected chi connectivity index (χ0v) is 14.3. The Morgan fingerprint density at radius 1 is 1.24 bits per heavy atom. The molecule has 2 aromatic rings. The van der Waals surface area contributed by atoms with E-state index < -0.39 is 0 Å². The maximum atomic E-state index is 13.2. The molecule has 1 aromatic carbocycles. The summed E-state index contributed by atoms with van der Waals surface area (Å²) in [5.74, 6) is -0.189. The first kappa shape index (κ1) is 16.3. The molecule has 0 aliphatic carbocycles. The normalized spacial score (nSPS) is 12.8. The largest absolute Gasteiger partial charge is 0.330 e. The van der Waals surface area contributed by atoms with Gasteiger partial charge in [0.2, 0.25) is 0 Å². The fourth-order valence-corrected chi connectivity index (χ4v) is 3.61. The summed E-state index contributed by atoms with van der Waals surface area (Å²) in [4.78, 5) is 2.40. The molecule has 1 aromatic heterocycles. The van der Waals surface area contributed by atoms with Crippen LogP contribution < -0.4 is 0 Å². The van der Waals surface area contributed by atoms with Gasteiger partial charge in [0.25, 0.3) is 0 Å².